The predicted octanol–water partition coefficient (Wildman–Crippen LogP) is 3.76. The van der Waals surface area contributed by atoms with Gasteiger partial charge in [-0.25, -0.2) is 4.98 Å². The van der Waals surface area contributed by atoms with E-state index in [1.807, 2.05) is 60.1 Å². The maximum Gasteiger partial charge on any atom is 0.170 e. The van der Waals surface area contributed by atoms with Gasteiger partial charge in [0, 0.05) is 17.1 Å². The Kier molecular flexibility index (Phi) is 3.40. The summed E-state index contributed by atoms with van der Waals surface area (Å²) in [7, 11) is 1.94. The van der Waals surface area contributed by atoms with E-state index in [0.29, 0.717) is 12.0 Å². The van der Waals surface area contributed by atoms with Crippen LogP contribution in [-0.4, -0.2) is 15.3 Å². The second-order valence-electron chi connectivity index (χ2n) is 4.69. The normalized spacial score (nSPS) is 10.9. The number of aromatic nitrogens is 2. The molecular weight excluding hydrogens is 316 g/mol. The van der Waals surface area contributed by atoms with Crippen LogP contribution in [-0.2, 0) is 13.5 Å². The van der Waals surface area contributed by atoms with E-state index < -0.39 is 0 Å². The van der Waals surface area contributed by atoms with Crippen molar-refractivity contribution < 1.29 is 4.79 Å². The monoisotopic (exact) mass is 328 g/mol. The fourth-order valence-corrected chi connectivity index (χ4v) is 2.66. The van der Waals surface area contributed by atoms with E-state index in [1.165, 1.54) is 0 Å². The first-order chi connectivity index (χ1) is 9.65. The summed E-state index contributed by atoms with van der Waals surface area (Å²) >= 11 is 3.39. The van der Waals surface area contributed by atoms with Gasteiger partial charge in [0.1, 0.15) is 5.82 Å². The first-order valence-electron chi connectivity index (χ1n) is 6.34. The van der Waals surface area contributed by atoms with E-state index in [9.17, 15) is 4.79 Å². The molecule has 0 aliphatic rings. The number of fused-ring (bicyclic) bond motifs is 1. The van der Waals surface area contributed by atoms with Crippen molar-refractivity contribution in [3.05, 3.63) is 64.4 Å². The lowest BCUT2D eigenvalue weighted by molar-refractivity contribution is 0.0990. The summed E-state index contributed by atoms with van der Waals surface area (Å²) in [5, 5.41) is 0. The van der Waals surface area contributed by atoms with Gasteiger partial charge in [0.15, 0.2) is 5.78 Å². The summed E-state index contributed by atoms with van der Waals surface area (Å²) in [6.07, 6.45) is 0.307. The number of carbonyl (C=O) groups excluding carboxylic acids is 1. The molecule has 0 amide bonds. The van der Waals surface area contributed by atoms with Crippen LogP contribution in [0.3, 0.4) is 0 Å². The fraction of sp³-hybridized carbons (Fsp3) is 0.125. The number of imidazole rings is 1. The maximum absolute atomic E-state index is 12.3. The predicted molar refractivity (Wildman–Crippen MR) is 82.9 cm³/mol. The summed E-state index contributed by atoms with van der Waals surface area (Å²) in [6.45, 7) is 0. The Morgan fingerprint density at radius 2 is 2.00 bits per heavy atom. The smallest absolute Gasteiger partial charge is 0.170 e. The van der Waals surface area contributed by atoms with E-state index in [4.69, 9.17) is 0 Å². The molecule has 3 aromatic rings. The molecule has 0 unspecified atom stereocenters. The molecule has 1 heterocycles. The minimum Gasteiger partial charge on any atom is -0.331 e. The molecule has 0 N–H and O–H groups in total. The van der Waals surface area contributed by atoms with E-state index >= 15 is 0 Å². The molecule has 2 aromatic carbocycles. The first-order valence-corrected chi connectivity index (χ1v) is 7.13. The Bertz CT molecular complexity index is 792. The molecule has 0 aliphatic carbocycles. The molecule has 1 aromatic heterocycles. The topological polar surface area (TPSA) is 34.9 Å². The number of halogens is 1. The van der Waals surface area contributed by atoms with Crippen molar-refractivity contribution in [1.82, 2.24) is 9.55 Å². The van der Waals surface area contributed by atoms with Crippen molar-refractivity contribution >= 4 is 32.7 Å². The Labute approximate surface area is 125 Å². The van der Waals surface area contributed by atoms with Crippen molar-refractivity contribution in [2.45, 2.75) is 6.42 Å². The third-order valence-electron chi connectivity index (χ3n) is 3.35. The molecule has 0 bridgehead atoms. The standard InChI is InChI=1S/C16H13BrN2O/c1-19-14-8-3-2-7-13(14)18-16(19)10-15(20)11-5-4-6-12(17)9-11/h2-9H,10H2,1H3. The molecule has 0 aliphatic heterocycles. The summed E-state index contributed by atoms with van der Waals surface area (Å²) in [6, 6.07) is 15.3. The molecule has 3 nitrogen and oxygen atoms in total. The summed E-state index contributed by atoms with van der Waals surface area (Å²) in [5.74, 6) is 0.862. The third-order valence-corrected chi connectivity index (χ3v) is 3.84. The fourth-order valence-electron chi connectivity index (χ4n) is 2.26. The van der Waals surface area contributed by atoms with Crippen LogP contribution >= 0.6 is 15.9 Å². The van der Waals surface area contributed by atoms with Gasteiger partial charge < -0.3 is 4.57 Å². The van der Waals surface area contributed by atoms with Gasteiger partial charge >= 0.3 is 0 Å². The van der Waals surface area contributed by atoms with E-state index in [2.05, 4.69) is 20.9 Å². The molecule has 0 saturated carbocycles. The Morgan fingerprint density at radius 3 is 2.75 bits per heavy atom. The van der Waals surface area contributed by atoms with Crippen molar-refractivity contribution in [3.63, 3.8) is 0 Å². The van der Waals surface area contributed by atoms with E-state index in [-0.39, 0.29) is 5.78 Å². The number of ketones is 1. The Hall–Kier alpha value is -1.94. The van der Waals surface area contributed by atoms with Gasteiger partial charge in [0.25, 0.3) is 0 Å². The Morgan fingerprint density at radius 1 is 1.20 bits per heavy atom. The van der Waals surface area contributed by atoms with Crippen LogP contribution < -0.4 is 0 Å². The number of aryl methyl sites for hydroxylation is 1. The molecule has 0 atom stereocenters. The SMILES string of the molecule is Cn1c(CC(=O)c2cccc(Br)c2)nc2ccccc21. The van der Waals surface area contributed by atoms with Gasteiger partial charge in [-0.15, -0.1) is 0 Å². The summed E-state index contributed by atoms with van der Waals surface area (Å²) < 4.78 is 2.89. The second kappa shape index (κ2) is 5.21. The van der Waals surface area contributed by atoms with Crippen molar-refractivity contribution in [2.24, 2.45) is 7.05 Å². The first kappa shape index (κ1) is 13.1. The number of hydrogen-bond donors (Lipinski definition) is 0. The third kappa shape index (κ3) is 2.39. The van der Waals surface area contributed by atoms with Gasteiger partial charge in [-0.1, -0.05) is 40.2 Å². The molecular formula is C16H13BrN2O. The maximum atomic E-state index is 12.3. The van der Waals surface area contributed by atoms with Gasteiger partial charge in [0.2, 0.25) is 0 Å². The highest BCUT2D eigenvalue weighted by atomic mass is 79.9. The lowest BCUT2D eigenvalue weighted by Crippen LogP contribution is -2.08. The van der Waals surface area contributed by atoms with Crippen LogP contribution in [0.4, 0.5) is 0 Å². The highest BCUT2D eigenvalue weighted by molar-refractivity contribution is 9.10. The van der Waals surface area contributed by atoms with Crippen LogP contribution in [0.5, 0.6) is 0 Å². The van der Waals surface area contributed by atoms with Crippen LogP contribution in [0.2, 0.25) is 0 Å². The molecule has 0 radical (unpaired) electrons. The minimum atomic E-state index is 0.0738. The largest absolute Gasteiger partial charge is 0.331 e. The number of carbonyl (C=O) groups is 1. The average Bonchev–Trinajstić information content (AvgIpc) is 2.76. The van der Waals surface area contributed by atoms with Gasteiger partial charge in [-0.2, -0.15) is 0 Å². The van der Waals surface area contributed by atoms with Crippen LogP contribution in [0.25, 0.3) is 11.0 Å². The number of Topliss-reactive ketones (excluding diaryl/α,β-unsaturated/α-hetero) is 1. The quantitative estimate of drug-likeness (QED) is 0.686. The number of para-hydroxylation sites is 2. The zero-order chi connectivity index (χ0) is 14.1. The second-order valence-corrected chi connectivity index (χ2v) is 5.60. The van der Waals surface area contributed by atoms with Crippen molar-refractivity contribution in [2.75, 3.05) is 0 Å². The van der Waals surface area contributed by atoms with Crippen LogP contribution in [0, 0.1) is 0 Å². The zero-order valence-electron chi connectivity index (χ0n) is 11.0. The lowest BCUT2D eigenvalue weighted by Gasteiger charge is -2.03. The molecule has 20 heavy (non-hydrogen) atoms. The highest BCUT2D eigenvalue weighted by Crippen LogP contribution is 2.17. The number of rotatable bonds is 3. The lowest BCUT2D eigenvalue weighted by atomic mass is 10.1. The van der Waals surface area contributed by atoms with Crippen molar-refractivity contribution in [3.8, 4) is 0 Å². The number of hydrogen-bond acceptors (Lipinski definition) is 2. The molecule has 4 heteroatoms. The average molecular weight is 329 g/mol. The van der Waals surface area contributed by atoms with Crippen molar-refractivity contribution in [1.29, 1.82) is 0 Å². The minimum absolute atomic E-state index is 0.0738. The highest BCUT2D eigenvalue weighted by Gasteiger charge is 2.13. The molecule has 3 rings (SSSR count). The van der Waals surface area contributed by atoms with Gasteiger partial charge in [-0.05, 0) is 24.3 Å². The van der Waals surface area contributed by atoms with E-state index in [0.717, 1.165) is 21.3 Å². The summed E-state index contributed by atoms with van der Waals surface area (Å²) in [5.41, 5.74) is 2.67. The zero-order valence-corrected chi connectivity index (χ0v) is 12.6. The molecule has 0 spiro atoms. The number of nitrogens with zero attached hydrogens (tertiary/aromatic N) is 2. The summed E-state index contributed by atoms with van der Waals surface area (Å²) in [4.78, 5) is 16.9. The van der Waals surface area contributed by atoms with Gasteiger partial charge in [-0.3, -0.25) is 4.79 Å². The Balaban J connectivity index is 1.93. The molecule has 100 valence electrons. The van der Waals surface area contributed by atoms with Crippen LogP contribution in [0.15, 0.2) is 53.0 Å². The van der Waals surface area contributed by atoms with Crippen LogP contribution in [0.1, 0.15) is 16.2 Å². The van der Waals surface area contributed by atoms with E-state index in [1.54, 1.807) is 0 Å². The molecule has 0 fully saturated rings. The number of benzene rings is 2. The van der Waals surface area contributed by atoms with Gasteiger partial charge in [0.05, 0.1) is 17.5 Å². The molecule has 0 saturated heterocycles.